The zero-order valence-corrected chi connectivity index (χ0v) is 27.9. The number of nitrogens with two attached hydrogens (primary N) is 2. The Balaban J connectivity index is 0.000000323. The molecule has 0 amide bonds. The van der Waals surface area contributed by atoms with Crippen LogP contribution in [0.4, 0.5) is 4.39 Å². The zero-order chi connectivity index (χ0) is 32.9. The third kappa shape index (κ3) is 15.0. The van der Waals surface area contributed by atoms with Gasteiger partial charge in [-0.05, 0) is 69.3 Å². The van der Waals surface area contributed by atoms with Gasteiger partial charge in [0.15, 0.2) is 0 Å². The Hall–Kier alpha value is -3.23. The quantitative estimate of drug-likeness (QED) is 0.204. The van der Waals surface area contributed by atoms with Crippen molar-refractivity contribution < 1.29 is 4.39 Å². The first-order valence-electron chi connectivity index (χ1n) is 15.8. The molecule has 2 saturated heterocycles. The number of benzene rings is 2. The molecule has 0 aromatic heterocycles. The monoisotopic (exact) mass is 606 g/mol. The van der Waals surface area contributed by atoms with Gasteiger partial charge in [0.2, 0.25) is 0 Å². The van der Waals surface area contributed by atoms with Crippen molar-refractivity contribution in [3.05, 3.63) is 121 Å². The van der Waals surface area contributed by atoms with Crippen molar-refractivity contribution in [3.8, 4) is 0 Å². The fourth-order valence-electron chi connectivity index (χ4n) is 4.99. The highest BCUT2D eigenvalue weighted by molar-refractivity contribution is 5.20. The number of hydrogen-bond donors (Lipinski definition) is 3. The second-order valence-corrected chi connectivity index (χ2v) is 11.5. The molecule has 2 aromatic carbocycles. The Labute approximate surface area is 268 Å². The van der Waals surface area contributed by atoms with Crippen molar-refractivity contribution in [1.29, 1.82) is 0 Å². The standard InChI is InChI=1S/C14H20N2.C11H22N4.C9H11F.C3H6/c1-12(14-9-6-10-16(14)2)15-11-13-7-4-3-5-8-13;1-3-4-5-10(2)14-6-8-15(9-7-14)11(12)13;1-7(2)8-5-3-4-6-9(8)10;1-3-2/h3-5,7-8,14-15H,1,6,9-11H2,2H3;3,11H,1-2,4-9,12-13H2;3-7H,1-2H3;3H,1H2,2H3. The molecular weight excluding hydrogens is 547 g/mol. The van der Waals surface area contributed by atoms with E-state index in [0.717, 1.165) is 56.8 Å². The van der Waals surface area contributed by atoms with Crippen molar-refractivity contribution in [2.45, 2.75) is 71.2 Å². The second kappa shape index (κ2) is 22.3. The van der Waals surface area contributed by atoms with Crippen LogP contribution in [0, 0.1) is 5.82 Å². The first-order chi connectivity index (χ1) is 21.0. The van der Waals surface area contributed by atoms with Crippen LogP contribution in [-0.2, 0) is 6.54 Å². The number of nitrogens with one attached hydrogen (secondary N) is 1. The molecule has 4 rings (SSSR count). The average molecular weight is 607 g/mol. The van der Waals surface area contributed by atoms with Gasteiger partial charge in [-0.3, -0.25) is 9.80 Å². The fraction of sp³-hybridized carbons (Fsp3) is 0.459. The maximum atomic E-state index is 12.8. The summed E-state index contributed by atoms with van der Waals surface area (Å²) in [5, 5.41) is 3.44. The van der Waals surface area contributed by atoms with E-state index in [9.17, 15) is 4.39 Å². The van der Waals surface area contributed by atoms with Gasteiger partial charge in [-0.2, -0.15) is 0 Å². The van der Waals surface area contributed by atoms with Gasteiger partial charge in [0.1, 0.15) is 12.1 Å². The van der Waals surface area contributed by atoms with Crippen molar-refractivity contribution >= 4 is 0 Å². The molecule has 244 valence electrons. The highest BCUT2D eigenvalue weighted by Gasteiger charge is 2.23. The molecule has 2 aliphatic heterocycles. The molecule has 1 atom stereocenters. The van der Waals surface area contributed by atoms with Crippen LogP contribution < -0.4 is 16.8 Å². The fourth-order valence-corrected chi connectivity index (χ4v) is 4.99. The van der Waals surface area contributed by atoms with Crippen LogP contribution in [0.15, 0.2) is 104 Å². The molecule has 44 heavy (non-hydrogen) atoms. The van der Waals surface area contributed by atoms with E-state index in [1.807, 2.05) is 45.0 Å². The van der Waals surface area contributed by atoms with E-state index in [1.165, 1.54) is 36.7 Å². The molecule has 0 radical (unpaired) electrons. The van der Waals surface area contributed by atoms with Gasteiger partial charge in [-0.15, -0.1) is 13.2 Å². The Kier molecular flexibility index (Phi) is 19.7. The number of rotatable bonds is 10. The number of likely N-dealkylation sites (N-methyl/N-ethyl adjacent to an activating group) is 1. The molecule has 6 nitrogen and oxygen atoms in total. The molecule has 2 fully saturated rings. The Morgan fingerprint density at radius 2 is 1.57 bits per heavy atom. The summed E-state index contributed by atoms with van der Waals surface area (Å²) in [6.45, 7) is 27.0. The summed E-state index contributed by atoms with van der Waals surface area (Å²) in [5.74, 6) is 0.179. The number of halogens is 1. The van der Waals surface area contributed by atoms with E-state index >= 15 is 0 Å². The van der Waals surface area contributed by atoms with Gasteiger partial charge in [-0.25, -0.2) is 4.39 Å². The van der Waals surface area contributed by atoms with Crippen LogP contribution in [-0.4, -0.2) is 66.8 Å². The molecule has 1 unspecified atom stereocenters. The van der Waals surface area contributed by atoms with E-state index in [0.29, 0.717) is 6.04 Å². The minimum atomic E-state index is -0.325. The third-order valence-electron chi connectivity index (χ3n) is 7.63. The number of nitrogens with zero attached hydrogens (tertiary/aromatic N) is 3. The van der Waals surface area contributed by atoms with E-state index < -0.39 is 0 Å². The number of allylic oxidation sites excluding steroid dienone is 3. The number of hydrogen-bond acceptors (Lipinski definition) is 6. The van der Waals surface area contributed by atoms with E-state index in [-0.39, 0.29) is 18.0 Å². The van der Waals surface area contributed by atoms with Crippen LogP contribution in [0.1, 0.15) is 63.5 Å². The predicted molar refractivity (Wildman–Crippen MR) is 188 cm³/mol. The van der Waals surface area contributed by atoms with Gasteiger partial charge in [0.05, 0.1) is 0 Å². The third-order valence-corrected chi connectivity index (χ3v) is 7.63. The lowest BCUT2D eigenvalue weighted by Gasteiger charge is -2.38. The summed E-state index contributed by atoms with van der Waals surface area (Å²) in [7, 11) is 2.17. The van der Waals surface area contributed by atoms with E-state index in [2.05, 4.69) is 77.6 Å². The SMILES string of the molecule is C=C(NCc1ccccc1)C1CCCN1C.C=CC.C=CCCC(=C)N1CCN(C(N)N)CC1.CC(C)c1ccccc1F. The topological polar surface area (TPSA) is 73.8 Å². The Morgan fingerprint density at radius 1 is 0.977 bits per heavy atom. The molecule has 7 heteroatoms. The van der Waals surface area contributed by atoms with Crippen molar-refractivity contribution in [2.24, 2.45) is 11.5 Å². The van der Waals surface area contributed by atoms with Gasteiger partial charge in [0.25, 0.3) is 0 Å². The van der Waals surface area contributed by atoms with Crippen LogP contribution in [0.25, 0.3) is 0 Å². The Bertz CT molecular complexity index is 1090. The smallest absolute Gasteiger partial charge is 0.126 e. The maximum absolute atomic E-state index is 12.8. The summed E-state index contributed by atoms with van der Waals surface area (Å²) in [4.78, 5) is 6.76. The van der Waals surface area contributed by atoms with Gasteiger partial charge in [0, 0.05) is 50.2 Å². The number of piperazine rings is 1. The van der Waals surface area contributed by atoms with Crippen molar-refractivity contribution in [3.63, 3.8) is 0 Å². The summed E-state index contributed by atoms with van der Waals surface area (Å²) >= 11 is 0. The molecule has 2 aliphatic rings. The number of likely N-dealkylation sites (tertiary alicyclic amines) is 1. The summed E-state index contributed by atoms with van der Waals surface area (Å²) < 4.78 is 12.8. The molecule has 2 heterocycles. The first kappa shape index (κ1) is 38.8. The normalized spacial score (nSPS) is 16.5. The lowest BCUT2D eigenvalue weighted by atomic mass is 10.0. The summed E-state index contributed by atoms with van der Waals surface area (Å²) in [6.07, 6.45) is 7.86. The van der Waals surface area contributed by atoms with E-state index in [1.54, 1.807) is 12.1 Å². The molecule has 2 aromatic rings. The van der Waals surface area contributed by atoms with Gasteiger partial charge >= 0.3 is 0 Å². The Morgan fingerprint density at radius 3 is 2.05 bits per heavy atom. The van der Waals surface area contributed by atoms with Crippen molar-refractivity contribution in [1.82, 2.24) is 20.0 Å². The molecular formula is C37H59FN6. The summed E-state index contributed by atoms with van der Waals surface area (Å²) in [6, 6.07) is 17.9. The van der Waals surface area contributed by atoms with Gasteiger partial charge in [-0.1, -0.05) is 87.7 Å². The minimum Gasteiger partial charge on any atom is -0.383 e. The molecule has 0 saturated carbocycles. The average Bonchev–Trinajstić information content (AvgIpc) is 3.46. The molecule has 5 N–H and O–H groups in total. The molecule has 0 spiro atoms. The first-order valence-corrected chi connectivity index (χ1v) is 15.8. The lowest BCUT2D eigenvalue weighted by Crippen LogP contribution is -2.56. The summed E-state index contributed by atoms with van der Waals surface area (Å²) in [5.41, 5.74) is 15.7. The van der Waals surface area contributed by atoms with E-state index in [4.69, 9.17) is 11.5 Å². The van der Waals surface area contributed by atoms with Crippen LogP contribution in [0.3, 0.4) is 0 Å². The van der Waals surface area contributed by atoms with Crippen LogP contribution >= 0.6 is 0 Å². The lowest BCUT2D eigenvalue weighted by molar-refractivity contribution is 0.118. The largest absolute Gasteiger partial charge is 0.383 e. The second-order valence-electron chi connectivity index (χ2n) is 11.5. The predicted octanol–water partition coefficient (Wildman–Crippen LogP) is 6.81. The van der Waals surface area contributed by atoms with Crippen LogP contribution in [0.2, 0.25) is 0 Å². The highest BCUT2D eigenvalue weighted by atomic mass is 19.1. The maximum Gasteiger partial charge on any atom is 0.126 e. The highest BCUT2D eigenvalue weighted by Crippen LogP contribution is 2.20. The molecule has 0 aliphatic carbocycles. The molecule has 0 bridgehead atoms. The van der Waals surface area contributed by atoms with Gasteiger partial charge < -0.3 is 21.7 Å². The van der Waals surface area contributed by atoms with Crippen LogP contribution in [0.5, 0.6) is 0 Å². The minimum absolute atomic E-state index is 0.0995. The zero-order valence-electron chi connectivity index (χ0n) is 27.9. The van der Waals surface area contributed by atoms with Crippen molar-refractivity contribution in [2.75, 3.05) is 39.8 Å².